The van der Waals surface area contributed by atoms with Gasteiger partial charge in [-0.25, -0.2) is 0 Å². The molecule has 2 aliphatic rings. The van der Waals surface area contributed by atoms with E-state index in [1.807, 2.05) is 0 Å². The molecule has 0 aromatic rings. The number of nitrogens with zero attached hydrogens (tertiary/aromatic N) is 1. The Bertz CT molecular complexity index is 245. The van der Waals surface area contributed by atoms with E-state index in [0.717, 1.165) is 24.3 Å². The van der Waals surface area contributed by atoms with E-state index in [9.17, 15) is 0 Å². The van der Waals surface area contributed by atoms with E-state index in [4.69, 9.17) is 5.73 Å². The number of likely N-dealkylation sites (tertiary alicyclic amines) is 1. The van der Waals surface area contributed by atoms with Crippen LogP contribution < -0.4 is 5.73 Å². The average Bonchev–Trinajstić information content (AvgIpc) is 2.34. The van der Waals surface area contributed by atoms with Gasteiger partial charge in [0.15, 0.2) is 0 Å². The minimum atomic E-state index is 0.317. The van der Waals surface area contributed by atoms with Crippen molar-refractivity contribution in [2.24, 2.45) is 23.5 Å². The van der Waals surface area contributed by atoms with Gasteiger partial charge in [0.25, 0.3) is 0 Å². The molecule has 2 nitrogen and oxygen atoms in total. The van der Waals surface area contributed by atoms with Gasteiger partial charge in [-0.3, -0.25) is 4.90 Å². The second-order valence-electron chi connectivity index (χ2n) is 6.64. The molecule has 2 fully saturated rings. The minimum Gasteiger partial charge on any atom is -0.329 e. The van der Waals surface area contributed by atoms with Crippen molar-refractivity contribution >= 4 is 0 Å². The van der Waals surface area contributed by atoms with Gasteiger partial charge in [-0.15, -0.1) is 0 Å². The van der Waals surface area contributed by atoms with Gasteiger partial charge < -0.3 is 5.73 Å². The smallest absolute Gasteiger partial charge is 0.0359 e. The van der Waals surface area contributed by atoms with Crippen molar-refractivity contribution in [2.75, 3.05) is 19.6 Å². The Labute approximate surface area is 107 Å². The molecule has 1 aliphatic carbocycles. The molecule has 100 valence electrons. The van der Waals surface area contributed by atoms with Gasteiger partial charge >= 0.3 is 0 Å². The van der Waals surface area contributed by atoms with Crippen molar-refractivity contribution in [3.8, 4) is 0 Å². The summed E-state index contributed by atoms with van der Waals surface area (Å²) in [5.41, 5.74) is 6.53. The van der Waals surface area contributed by atoms with Crippen LogP contribution in [-0.4, -0.2) is 30.1 Å². The zero-order chi connectivity index (χ0) is 12.5. The summed E-state index contributed by atoms with van der Waals surface area (Å²) in [5, 5.41) is 0. The molecule has 0 amide bonds. The van der Waals surface area contributed by atoms with Crippen molar-refractivity contribution in [1.82, 2.24) is 4.90 Å². The van der Waals surface area contributed by atoms with Crippen LogP contribution in [0.3, 0.4) is 0 Å². The summed E-state index contributed by atoms with van der Waals surface area (Å²) in [6.45, 7) is 10.6. The second kappa shape index (κ2) is 5.27. The maximum Gasteiger partial charge on any atom is 0.0359 e. The Morgan fingerprint density at radius 2 is 1.76 bits per heavy atom. The molecule has 1 saturated heterocycles. The lowest BCUT2D eigenvalue weighted by Gasteiger charge is -2.54. The van der Waals surface area contributed by atoms with E-state index in [1.54, 1.807) is 0 Å². The highest BCUT2D eigenvalue weighted by molar-refractivity contribution is 5.01. The molecule has 0 spiro atoms. The van der Waals surface area contributed by atoms with Crippen molar-refractivity contribution in [2.45, 2.75) is 58.4 Å². The lowest BCUT2D eigenvalue weighted by molar-refractivity contribution is -0.0283. The van der Waals surface area contributed by atoms with E-state index in [0.29, 0.717) is 5.54 Å². The summed E-state index contributed by atoms with van der Waals surface area (Å²) in [4.78, 5) is 2.74. The molecule has 0 aromatic heterocycles. The van der Waals surface area contributed by atoms with E-state index >= 15 is 0 Å². The predicted molar refractivity (Wildman–Crippen MR) is 73.9 cm³/mol. The van der Waals surface area contributed by atoms with Gasteiger partial charge in [-0.05, 0) is 50.1 Å². The lowest BCUT2D eigenvalue weighted by atomic mass is 9.66. The highest BCUT2D eigenvalue weighted by Crippen LogP contribution is 2.42. The van der Waals surface area contributed by atoms with Gasteiger partial charge in [0.1, 0.15) is 0 Å². The number of piperidine rings is 1. The Kier molecular flexibility index (Phi) is 4.14. The number of rotatable bonds is 2. The molecule has 0 radical (unpaired) electrons. The first-order valence-electron chi connectivity index (χ1n) is 7.55. The number of hydrogen-bond donors (Lipinski definition) is 1. The van der Waals surface area contributed by atoms with Crippen molar-refractivity contribution in [3.63, 3.8) is 0 Å². The molecule has 2 N–H and O–H groups in total. The number of nitrogens with two attached hydrogens (primary N) is 1. The van der Waals surface area contributed by atoms with Crippen LogP contribution in [0.1, 0.15) is 52.9 Å². The Hall–Kier alpha value is -0.0800. The fourth-order valence-electron chi connectivity index (χ4n) is 4.05. The largest absolute Gasteiger partial charge is 0.329 e. The summed E-state index contributed by atoms with van der Waals surface area (Å²) in [5.74, 6) is 2.51. The monoisotopic (exact) mass is 238 g/mol. The van der Waals surface area contributed by atoms with Crippen molar-refractivity contribution in [3.05, 3.63) is 0 Å². The van der Waals surface area contributed by atoms with Crippen molar-refractivity contribution < 1.29 is 0 Å². The molecule has 1 saturated carbocycles. The lowest BCUT2D eigenvalue weighted by Crippen LogP contribution is -2.62. The molecule has 2 rings (SSSR count). The summed E-state index contributed by atoms with van der Waals surface area (Å²) >= 11 is 0. The van der Waals surface area contributed by atoms with Crippen LogP contribution in [0.2, 0.25) is 0 Å². The summed E-state index contributed by atoms with van der Waals surface area (Å²) in [6.07, 6.45) is 6.82. The Morgan fingerprint density at radius 1 is 1.12 bits per heavy atom. The average molecular weight is 238 g/mol. The third kappa shape index (κ3) is 2.39. The highest BCUT2D eigenvalue weighted by atomic mass is 15.2. The first-order valence-corrected chi connectivity index (χ1v) is 7.55. The molecule has 1 aliphatic heterocycles. The molecule has 1 heterocycles. The third-order valence-electron chi connectivity index (χ3n) is 5.74. The zero-order valence-corrected chi connectivity index (χ0v) is 11.9. The fourth-order valence-corrected chi connectivity index (χ4v) is 4.05. The molecular weight excluding hydrogens is 208 g/mol. The van der Waals surface area contributed by atoms with E-state index < -0.39 is 0 Å². The fraction of sp³-hybridized carbons (Fsp3) is 1.00. The van der Waals surface area contributed by atoms with Crippen LogP contribution in [-0.2, 0) is 0 Å². The van der Waals surface area contributed by atoms with Crippen molar-refractivity contribution in [1.29, 1.82) is 0 Å². The summed E-state index contributed by atoms with van der Waals surface area (Å²) < 4.78 is 0. The minimum absolute atomic E-state index is 0.317. The van der Waals surface area contributed by atoms with E-state index in [-0.39, 0.29) is 0 Å². The molecular formula is C15H30N2. The third-order valence-corrected chi connectivity index (χ3v) is 5.74. The van der Waals surface area contributed by atoms with E-state index in [2.05, 4.69) is 25.7 Å². The topological polar surface area (TPSA) is 29.3 Å². The number of hydrogen-bond acceptors (Lipinski definition) is 2. The SMILES string of the molecule is CC1CCN(C2(CN)CCCC(C)C2C)CC1. The van der Waals surface area contributed by atoms with Crippen LogP contribution in [0.15, 0.2) is 0 Å². The maximum atomic E-state index is 6.21. The van der Waals surface area contributed by atoms with Crippen LogP contribution in [0.5, 0.6) is 0 Å². The first-order chi connectivity index (χ1) is 8.10. The molecule has 2 heteroatoms. The van der Waals surface area contributed by atoms with Crippen LogP contribution in [0.4, 0.5) is 0 Å². The standard InChI is InChI=1S/C15H30N2/c1-12-6-9-17(10-7-12)15(11-16)8-4-5-13(2)14(15)3/h12-14H,4-11,16H2,1-3H3. The van der Waals surface area contributed by atoms with Gasteiger partial charge in [0.05, 0.1) is 0 Å². The normalized spacial score (nSPS) is 41.6. The first kappa shape index (κ1) is 13.4. The Balaban J connectivity index is 2.12. The molecule has 17 heavy (non-hydrogen) atoms. The second-order valence-corrected chi connectivity index (χ2v) is 6.64. The predicted octanol–water partition coefficient (Wildman–Crippen LogP) is 2.87. The molecule has 3 unspecified atom stereocenters. The van der Waals surface area contributed by atoms with Crippen LogP contribution >= 0.6 is 0 Å². The van der Waals surface area contributed by atoms with Gasteiger partial charge in [0, 0.05) is 12.1 Å². The molecule has 0 aromatic carbocycles. The summed E-state index contributed by atoms with van der Waals surface area (Å²) in [6, 6.07) is 0. The van der Waals surface area contributed by atoms with E-state index in [1.165, 1.54) is 45.2 Å². The van der Waals surface area contributed by atoms with Gasteiger partial charge in [-0.2, -0.15) is 0 Å². The van der Waals surface area contributed by atoms with Gasteiger partial charge in [-0.1, -0.05) is 33.6 Å². The summed E-state index contributed by atoms with van der Waals surface area (Å²) in [7, 11) is 0. The zero-order valence-electron chi connectivity index (χ0n) is 11.9. The van der Waals surface area contributed by atoms with Crippen LogP contribution in [0.25, 0.3) is 0 Å². The van der Waals surface area contributed by atoms with Crippen LogP contribution in [0, 0.1) is 17.8 Å². The molecule has 3 atom stereocenters. The Morgan fingerprint density at radius 3 is 2.35 bits per heavy atom. The highest BCUT2D eigenvalue weighted by Gasteiger charge is 2.45. The maximum absolute atomic E-state index is 6.21. The quantitative estimate of drug-likeness (QED) is 0.801. The van der Waals surface area contributed by atoms with Gasteiger partial charge in [0.2, 0.25) is 0 Å². The molecule has 0 bridgehead atoms.